The number of nitrogens with zero attached hydrogens (tertiary/aromatic N) is 4. The van der Waals surface area contributed by atoms with Crippen LogP contribution in [0, 0.1) is 27.7 Å². The predicted molar refractivity (Wildman–Crippen MR) is 113 cm³/mol. The van der Waals surface area contributed by atoms with E-state index in [-0.39, 0.29) is 23.1 Å². The molecular weight excluding hydrogens is 404 g/mol. The van der Waals surface area contributed by atoms with Crippen LogP contribution in [-0.2, 0) is 4.74 Å². The van der Waals surface area contributed by atoms with E-state index in [0.29, 0.717) is 17.4 Å². The quantitative estimate of drug-likeness (QED) is 0.433. The van der Waals surface area contributed by atoms with E-state index in [1.54, 1.807) is 16.8 Å². The second-order valence-corrected chi connectivity index (χ2v) is 8.13. The lowest BCUT2D eigenvalue weighted by Crippen LogP contribution is -2.17. The third kappa shape index (κ3) is 3.77. The number of ether oxygens (including phenoxy) is 1. The molecule has 3 heterocycles. The van der Waals surface area contributed by atoms with E-state index in [2.05, 4.69) is 14.6 Å². The summed E-state index contributed by atoms with van der Waals surface area (Å²) in [5.74, 6) is -0.529. The van der Waals surface area contributed by atoms with Crippen molar-refractivity contribution in [2.45, 2.75) is 46.6 Å². The lowest BCUT2D eigenvalue weighted by atomic mass is 10.1. The molecule has 0 spiro atoms. The molecule has 0 atom stereocenters. The minimum Gasteiger partial charge on any atom is -0.453 e. The van der Waals surface area contributed by atoms with Gasteiger partial charge in [0, 0.05) is 28.7 Å². The van der Waals surface area contributed by atoms with Gasteiger partial charge in [0.25, 0.3) is 0 Å². The molecule has 0 radical (unpaired) electrons. The average Bonchev–Trinajstić information content (AvgIpc) is 3.41. The summed E-state index contributed by atoms with van der Waals surface area (Å²) in [5, 5.41) is 4.52. The third-order valence-electron chi connectivity index (χ3n) is 5.28. The van der Waals surface area contributed by atoms with Crippen molar-refractivity contribution in [3.63, 3.8) is 0 Å². The van der Waals surface area contributed by atoms with Crippen LogP contribution in [-0.4, -0.2) is 37.7 Å². The summed E-state index contributed by atoms with van der Waals surface area (Å²) in [6.45, 7) is 7.32. The highest BCUT2D eigenvalue weighted by molar-refractivity contribution is 6.33. The van der Waals surface area contributed by atoms with E-state index in [1.807, 2.05) is 39.8 Å². The van der Waals surface area contributed by atoms with E-state index in [9.17, 15) is 9.59 Å². The van der Waals surface area contributed by atoms with Crippen LogP contribution in [0.5, 0.6) is 0 Å². The number of carbonyl (C=O) groups is 2. The maximum absolute atomic E-state index is 12.7. The zero-order chi connectivity index (χ0) is 21.6. The van der Waals surface area contributed by atoms with Crippen LogP contribution in [0.15, 0.2) is 24.3 Å². The molecule has 3 aromatic heterocycles. The van der Waals surface area contributed by atoms with Crippen molar-refractivity contribution in [2.75, 3.05) is 6.61 Å². The second kappa shape index (κ2) is 7.72. The fourth-order valence-corrected chi connectivity index (χ4v) is 3.97. The number of ketones is 1. The highest BCUT2D eigenvalue weighted by Crippen LogP contribution is 2.38. The standard InChI is InChI=1S/C22H23ClN4O3/c1-12-9-14(3)27(25-12)20-8-7-18(23)21(24-20)22(29)30-11-19(28)17-10-13(2)26(15(17)4)16-5-6-16/h7-10,16H,5-6,11H2,1-4H3. The number of esters is 1. The van der Waals surface area contributed by atoms with Crippen LogP contribution >= 0.6 is 11.6 Å². The third-order valence-corrected chi connectivity index (χ3v) is 5.59. The van der Waals surface area contributed by atoms with Crippen LogP contribution in [0.4, 0.5) is 0 Å². The Bertz CT molecular complexity index is 1160. The van der Waals surface area contributed by atoms with Crippen molar-refractivity contribution in [3.8, 4) is 5.82 Å². The number of rotatable bonds is 6. The first-order valence-electron chi connectivity index (χ1n) is 9.85. The molecule has 0 aliphatic heterocycles. The van der Waals surface area contributed by atoms with Gasteiger partial charge in [-0.1, -0.05) is 11.6 Å². The van der Waals surface area contributed by atoms with Crippen molar-refractivity contribution in [3.05, 3.63) is 63.3 Å². The minimum absolute atomic E-state index is 0.0435. The summed E-state index contributed by atoms with van der Waals surface area (Å²) in [5.41, 5.74) is 4.22. The molecule has 7 nitrogen and oxygen atoms in total. The zero-order valence-electron chi connectivity index (χ0n) is 17.4. The molecule has 0 unspecified atom stereocenters. The summed E-state index contributed by atoms with van der Waals surface area (Å²) in [7, 11) is 0. The number of aromatic nitrogens is 4. The monoisotopic (exact) mass is 426 g/mol. The number of halogens is 1. The Balaban J connectivity index is 1.50. The molecule has 1 aliphatic rings. The predicted octanol–water partition coefficient (Wildman–Crippen LogP) is 4.33. The van der Waals surface area contributed by atoms with E-state index in [1.165, 1.54) is 0 Å². The molecule has 0 bridgehead atoms. The van der Waals surface area contributed by atoms with Crippen LogP contribution in [0.2, 0.25) is 5.02 Å². The first-order chi connectivity index (χ1) is 14.3. The number of carbonyl (C=O) groups excluding carboxylic acids is 2. The van der Waals surface area contributed by atoms with Gasteiger partial charge in [0.2, 0.25) is 5.78 Å². The molecule has 0 saturated heterocycles. The van der Waals surface area contributed by atoms with Gasteiger partial charge in [0.15, 0.2) is 18.1 Å². The molecule has 0 aromatic carbocycles. The van der Waals surface area contributed by atoms with Gasteiger partial charge in [-0.2, -0.15) is 5.10 Å². The van der Waals surface area contributed by atoms with Gasteiger partial charge in [0.1, 0.15) is 0 Å². The van der Waals surface area contributed by atoms with Crippen LogP contribution < -0.4 is 0 Å². The largest absolute Gasteiger partial charge is 0.453 e. The number of aryl methyl sites for hydroxylation is 3. The average molecular weight is 427 g/mol. The molecule has 1 saturated carbocycles. The smallest absolute Gasteiger partial charge is 0.359 e. The Hall–Kier alpha value is -2.93. The molecule has 3 aromatic rings. The van der Waals surface area contributed by atoms with Crippen molar-refractivity contribution in [1.82, 2.24) is 19.3 Å². The van der Waals surface area contributed by atoms with Crippen LogP contribution in [0.3, 0.4) is 0 Å². The summed E-state index contributed by atoms with van der Waals surface area (Å²) in [6, 6.07) is 7.50. The van der Waals surface area contributed by atoms with Gasteiger partial charge < -0.3 is 9.30 Å². The Morgan fingerprint density at radius 1 is 1.13 bits per heavy atom. The van der Waals surface area contributed by atoms with E-state index in [0.717, 1.165) is 35.6 Å². The zero-order valence-corrected chi connectivity index (χ0v) is 18.2. The van der Waals surface area contributed by atoms with Gasteiger partial charge in [-0.25, -0.2) is 14.5 Å². The maximum Gasteiger partial charge on any atom is 0.359 e. The molecule has 1 aliphatic carbocycles. The van der Waals surface area contributed by atoms with Crippen LogP contribution in [0.1, 0.15) is 62.5 Å². The molecule has 8 heteroatoms. The van der Waals surface area contributed by atoms with Crippen molar-refractivity contribution in [2.24, 2.45) is 0 Å². The highest BCUT2D eigenvalue weighted by atomic mass is 35.5. The first-order valence-corrected chi connectivity index (χ1v) is 10.2. The molecule has 156 valence electrons. The minimum atomic E-state index is -0.743. The Morgan fingerprint density at radius 3 is 2.50 bits per heavy atom. The highest BCUT2D eigenvalue weighted by Gasteiger charge is 2.28. The van der Waals surface area contributed by atoms with Gasteiger partial charge >= 0.3 is 5.97 Å². The molecule has 0 N–H and O–H groups in total. The van der Waals surface area contributed by atoms with Crippen molar-refractivity contribution in [1.29, 1.82) is 0 Å². The lowest BCUT2D eigenvalue weighted by Gasteiger charge is -2.09. The SMILES string of the molecule is Cc1cc(C)n(-c2ccc(Cl)c(C(=O)OCC(=O)c3cc(C)n(C4CC4)c3C)n2)n1. The normalized spacial score (nSPS) is 13.5. The van der Waals surface area contributed by atoms with Gasteiger partial charge in [0.05, 0.1) is 10.7 Å². The summed E-state index contributed by atoms with van der Waals surface area (Å²) < 4.78 is 9.07. The number of Topliss-reactive ketones (excluding diaryl/α,β-unsaturated/α-hetero) is 1. The van der Waals surface area contributed by atoms with Crippen LogP contribution in [0.25, 0.3) is 5.82 Å². The summed E-state index contributed by atoms with van der Waals surface area (Å²) in [6.07, 6.45) is 2.27. The lowest BCUT2D eigenvalue weighted by molar-refractivity contribution is 0.0469. The fourth-order valence-electron chi connectivity index (χ4n) is 3.79. The number of hydrogen-bond acceptors (Lipinski definition) is 5. The van der Waals surface area contributed by atoms with Gasteiger partial charge in [-0.05, 0) is 64.8 Å². The maximum atomic E-state index is 12.7. The number of hydrogen-bond donors (Lipinski definition) is 0. The van der Waals surface area contributed by atoms with E-state index < -0.39 is 5.97 Å². The van der Waals surface area contributed by atoms with Crippen molar-refractivity contribution < 1.29 is 14.3 Å². The van der Waals surface area contributed by atoms with Gasteiger partial charge in [-0.3, -0.25) is 4.79 Å². The Morgan fingerprint density at radius 2 is 1.87 bits per heavy atom. The fraction of sp³-hybridized carbons (Fsp3) is 0.364. The summed E-state index contributed by atoms with van der Waals surface area (Å²) in [4.78, 5) is 29.6. The van der Waals surface area contributed by atoms with Gasteiger partial charge in [-0.15, -0.1) is 0 Å². The molecule has 0 amide bonds. The molecule has 4 rings (SSSR count). The topological polar surface area (TPSA) is 79.0 Å². The number of pyridine rings is 1. The Labute approximate surface area is 179 Å². The molecule has 30 heavy (non-hydrogen) atoms. The van der Waals surface area contributed by atoms with E-state index >= 15 is 0 Å². The van der Waals surface area contributed by atoms with Crippen molar-refractivity contribution >= 4 is 23.4 Å². The summed E-state index contributed by atoms with van der Waals surface area (Å²) >= 11 is 6.17. The molecular formula is C22H23ClN4O3. The second-order valence-electron chi connectivity index (χ2n) is 7.72. The first kappa shape index (κ1) is 20.3. The van der Waals surface area contributed by atoms with E-state index in [4.69, 9.17) is 16.3 Å². The Kier molecular flexibility index (Phi) is 5.24. The molecule has 1 fully saturated rings.